The van der Waals surface area contributed by atoms with Crippen molar-refractivity contribution in [2.75, 3.05) is 6.61 Å². The molecule has 0 radical (unpaired) electrons. The maximum Gasteiger partial charge on any atom is 0.419 e. The van der Waals surface area contributed by atoms with Gasteiger partial charge in [0.05, 0.1) is 30.5 Å². The van der Waals surface area contributed by atoms with Crippen molar-refractivity contribution in [2.45, 2.75) is 46.0 Å². The predicted octanol–water partition coefficient (Wildman–Crippen LogP) is 5.35. The number of benzene rings is 1. The Bertz CT molecular complexity index is 1080. The van der Waals surface area contributed by atoms with Crippen molar-refractivity contribution in [2.24, 2.45) is 0 Å². The minimum absolute atomic E-state index is 0.104. The van der Waals surface area contributed by atoms with E-state index >= 15 is 0 Å². The highest BCUT2D eigenvalue weighted by molar-refractivity contribution is 5.69. The normalized spacial score (nSPS) is 17.0. The minimum Gasteiger partial charge on any atom is -0.376 e. The maximum atomic E-state index is 14.3. The molecule has 0 fully saturated rings. The van der Waals surface area contributed by atoms with Gasteiger partial charge in [0, 0.05) is 34.6 Å². The smallest absolute Gasteiger partial charge is 0.376 e. The van der Waals surface area contributed by atoms with Crippen LogP contribution in [0.5, 0.6) is 0 Å². The summed E-state index contributed by atoms with van der Waals surface area (Å²) in [5.74, 6) is -0.885. The Morgan fingerprint density at radius 1 is 1.03 bits per heavy atom. The second-order valence-electron chi connectivity index (χ2n) is 7.60. The average Bonchev–Trinajstić information content (AvgIpc) is 2.86. The van der Waals surface area contributed by atoms with Crippen molar-refractivity contribution in [1.29, 1.82) is 0 Å². The number of hydrogen-bond donors (Lipinski definition) is 0. The van der Waals surface area contributed by atoms with E-state index in [4.69, 9.17) is 9.72 Å². The highest BCUT2D eigenvalue weighted by atomic mass is 19.4. The third-order valence-corrected chi connectivity index (χ3v) is 5.14. The van der Waals surface area contributed by atoms with Gasteiger partial charge in [-0.1, -0.05) is 6.07 Å². The van der Waals surface area contributed by atoms with Gasteiger partial charge in [-0.2, -0.15) is 13.2 Å². The second-order valence-corrected chi connectivity index (χ2v) is 7.60. The van der Waals surface area contributed by atoms with Gasteiger partial charge in [0.2, 0.25) is 0 Å². The number of aryl methyl sites for hydroxylation is 2. The first-order valence-corrected chi connectivity index (χ1v) is 9.67. The van der Waals surface area contributed by atoms with Crippen LogP contribution in [0.3, 0.4) is 0 Å². The van der Waals surface area contributed by atoms with Crippen LogP contribution in [-0.2, 0) is 23.9 Å². The van der Waals surface area contributed by atoms with Crippen molar-refractivity contribution in [1.82, 2.24) is 14.5 Å². The van der Waals surface area contributed by atoms with Gasteiger partial charge < -0.3 is 9.30 Å². The standard InChI is InChI=1S/C22H21F4N3O/c1-12-8-16(9-13(2)27-12)20-19-6-7-30-14(3)11-29(19)21(28-20)15-4-5-17(18(23)10-15)22(24,25)26/h4-5,8-10,14H,6-7,11H2,1-3H3/t14-/m1/s1. The van der Waals surface area contributed by atoms with Crippen LogP contribution >= 0.6 is 0 Å². The number of hydrogen-bond acceptors (Lipinski definition) is 3. The zero-order valence-electron chi connectivity index (χ0n) is 16.8. The van der Waals surface area contributed by atoms with Crippen LogP contribution in [0.1, 0.15) is 29.6 Å². The fraction of sp³-hybridized carbons (Fsp3) is 0.364. The topological polar surface area (TPSA) is 39.9 Å². The lowest BCUT2D eigenvalue weighted by Gasteiger charge is -2.14. The van der Waals surface area contributed by atoms with Gasteiger partial charge in [-0.15, -0.1) is 0 Å². The fourth-order valence-corrected chi connectivity index (χ4v) is 3.91. The van der Waals surface area contributed by atoms with E-state index in [9.17, 15) is 17.6 Å². The number of pyridine rings is 1. The van der Waals surface area contributed by atoms with E-state index in [2.05, 4.69) is 4.98 Å². The van der Waals surface area contributed by atoms with E-state index in [0.717, 1.165) is 40.5 Å². The first kappa shape index (κ1) is 20.5. The molecule has 4 nitrogen and oxygen atoms in total. The van der Waals surface area contributed by atoms with Gasteiger partial charge in [0.1, 0.15) is 11.6 Å². The molecule has 1 atom stereocenters. The van der Waals surface area contributed by atoms with Crippen molar-refractivity contribution in [3.05, 3.63) is 58.8 Å². The monoisotopic (exact) mass is 419 g/mol. The number of fused-ring (bicyclic) bond motifs is 1. The Kier molecular flexibility index (Phi) is 5.13. The van der Waals surface area contributed by atoms with Crippen LogP contribution in [0.4, 0.5) is 17.6 Å². The summed E-state index contributed by atoms with van der Waals surface area (Å²) in [6.45, 7) is 6.69. The van der Waals surface area contributed by atoms with E-state index in [1.165, 1.54) is 6.07 Å². The number of aromatic nitrogens is 3. The largest absolute Gasteiger partial charge is 0.419 e. The van der Waals surface area contributed by atoms with Gasteiger partial charge in [0.15, 0.2) is 0 Å². The minimum atomic E-state index is -4.74. The highest BCUT2D eigenvalue weighted by Gasteiger charge is 2.34. The first-order chi connectivity index (χ1) is 14.1. The molecule has 0 unspecified atom stereocenters. The van der Waals surface area contributed by atoms with E-state index < -0.39 is 17.6 Å². The molecule has 158 valence electrons. The Hall–Kier alpha value is -2.74. The molecule has 0 saturated carbocycles. The number of halogens is 4. The Labute approximate surface area is 171 Å². The lowest BCUT2D eigenvalue weighted by molar-refractivity contribution is -0.139. The molecule has 8 heteroatoms. The molecule has 1 aliphatic rings. The number of rotatable bonds is 2. The van der Waals surface area contributed by atoms with Crippen molar-refractivity contribution in [3.8, 4) is 22.6 Å². The fourth-order valence-electron chi connectivity index (χ4n) is 3.91. The molecule has 0 saturated heterocycles. The summed E-state index contributed by atoms with van der Waals surface area (Å²) in [6.07, 6.45) is -4.26. The lowest BCUT2D eigenvalue weighted by atomic mass is 10.1. The first-order valence-electron chi connectivity index (χ1n) is 9.67. The molecule has 4 rings (SSSR count). The lowest BCUT2D eigenvalue weighted by Crippen LogP contribution is -2.15. The van der Waals surface area contributed by atoms with Crippen LogP contribution < -0.4 is 0 Å². The number of nitrogens with zero attached hydrogens (tertiary/aromatic N) is 3. The summed E-state index contributed by atoms with van der Waals surface area (Å²) < 4.78 is 60.9. The van der Waals surface area contributed by atoms with Crippen molar-refractivity contribution >= 4 is 0 Å². The number of ether oxygens (including phenoxy) is 1. The Morgan fingerprint density at radius 3 is 2.37 bits per heavy atom. The zero-order chi connectivity index (χ0) is 21.6. The predicted molar refractivity (Wildman–Crippen MR) is 104 cm³/mol. The molecule has 30 heavy (non-hydrogen) atoms. The van der Waals surface area contributed by atoms with Gasteiger partial charge in [-0.3, -0.25) is 4.98 Å². The van der Waals surface area contributed by atoms with Gasteiger partial charge in [-0.25, -0.2) is 9.37 Å². The zero-order valence-corrected chi connectivity index (χ0v) is 16.8. The molecule has 3 aromatic rings. The third kappa shape index (κ3) is 3.84. The average molecular weight is 419 g/mol. The molecular weight excluding hydrogens is 398 g/mol. The molecule has 0 aliphatic carbocycles. The maximum absolute atomic E-state index is 14.3. The second kappa shape index (κ2) is 7.50. The van der Waals surface area contributed by atoms with E-state index in [-0.39, 0.29) is 6.10 Å². The van der Waals surface area contributed by atoms with E-state index in [0.29, 0.717) is 31.0 Å². The highest BCUT2D eigenvalue weighted by Crippen LogP contribution is 2.36. The third-order valence-electron chi connectivity index (χ3n) is 5.14. The van der Waals surface area contributed by atoms with Gasteiger partial charge in [-0.05, 0) is 45.0 Å². The number of imidazole rings is 1. The van der Waals surface area contributed by atoms with Crippen molar-refractivity contribution in [3.63, 3.8) is 0 Å². The molecule has 0 spiro atoms. The summed E-state index contributed by atoms with van der Waals surface area (Å²) in [7, 11) is 0. The molecule has 3 heterocycles. The van der Waals surface area contributed by atoms with E-state index in [1.807, 2.05) is 37.5 Å². The van der Waals surface area contributed by atoms with Crippen molar-refractivity contribution < 1.29 is 22.3 Å². The van der Waals surface area contributed by atoms with Crippen LogP contribution in [-0.4, -0.2) is 27.2 Å². The molecule has 1 aliphatic heterocycles. The van der Waals surface area contributed by atoms with Gasteiger partial charge in [0.25, 0.3) is 0 Å². The molecule has 0 N–H and O–H groups in total. The Balaban J connectivity index is 1.90. The Morgan fingerprint density at radius 2 is 1.73 bits per heavy atom. The van der Waals surface area contributed by atoms with Crippen LogP contribution in [0.15, 0.2) is 30.3 Å². The quantitative estimate of drug-likeness (QED) is 0.526. The van der Waals surface area contributed by atoms with E-state index in [1.54, 1.807) is 0 Å². The molecule has 1 aromatic carbocycles. The summed E-state index contributed by atoms with van der Waals surface area (Å²) in [4.78, 5) is 9.15. The SMILES string of the molecule is Cc1cc(-c2nc(-c3ccc(C(F)(F)F)c(F)c3)n3c2CCO[C@H](C)C3)cc(C)n1. The van der Waals surface area contributed by atoms with Crippen LogP contribution in [0.2, 0.25) is 0 Å². The molecular formula is C22H21F4N3O. The molecule has 2 aromatic heterocycles. The summed E-state index contributed by atoms with van der Waals surface area (Å²) >= 11 is 0. The summed E-state index contributed by atoms with van der Waals surface area (Å²) in [5.41, 5.74) is 3.20. The summed E-state index contributed by atoms with van der Waals surface area (Å²) in [6, 6.07) is 6.78. The van der Waals surface area contributed by atoms with Crippen LogP contribution in [0.25, 0.3) is 22.6 Å². The molecule has 0 bridgehead atoms. The molecule has 0 amide bonds. The number of alkyl halides is 3. The van der Waals surface area contributed by atoms with Crippen LogP contribution in [0, 0.1) is 19.7 Å². The summed E-state index contributed by atoms with van der Waals surface area (Å²) in [5, 5.41) is 0. The van der Waals surface area contributed by atoms with Gasteiger partial charge >= 0.3 is 6.18 Å².